The molecular formula is C20H12Cl2N4O4S. The van der Waals surface area contributed by atoms with Crippen LogP contribution in [-0.2, 0) is 11.3 Å². The summed E-state index contributed by atoms with van der Waals surface area (Å²) in [6.07, 6.45) is 1.29. The zero-order valence-electron chi connectivity index (χ0n) is 15.5. The Balaban J connectivity index is 1.59. The highest BCUT2D eigenvalue weighted by Crippen LogP contribution is 2.31. The topological polar surface area (TPSA) is 107 Å². The number of hydrogen-bond acceptors (Lipinski definition) is 6. The Labute approximate surface area is 188 Å². The standard InChI is InChI=1S/C20H12Cl2N4O4S/c21-12-3-1-11(2-4-12)17-8-16-19(31-17)20(28)25(10-23-16)9-18(27)24-15-7-13(26(29)30)5-6-14(15)22/h1-8,10H,9H2,(H,24,27). The molecule has 4 aromatic rings. The average Bonchev–Trinajstić information content (AvgIpc) is 3.17. The predicted molar refractivity (Wildman–Crippen MR) is 121 cm³/mol. The number of hydrogen-bond donors (Lipinski definition) is 1. The molecular weight excluding hydrogens is 463 g/mol. The summed E-state index contributed by atoms with van der Waals surface area (Å²) >= 11 is 13.2. The lowest BCUT2D eigenvalue weighted by atomic mass is 10.2. The van der Waals surface area contributed by atoms with Crippen LogP contribution in [0, 0.1) is 10.1 Å². The molecule has 11 heteroatoms. The van der Waals surface area contributed by atoms with Gasteiger partial charge in [0.15, 0.2) is 0 Å². The van der Waals surface area contributed by atoms with Crippen LogP contribution in [0.1, 0.15) is 0 Å². The number of nitrogens with zero attached hydrogens (tertiary/aromatic N) is 3. The lowest BCUT2D eigenvalue weighted by Crippen LogP contribution is -2.27. The Morgan fingerprint density at radius 1 is 1.16 bits per heavy atom. The first-order valence-corrected chi connectivity index (χ1v) is 10.4. The van der Waals surface area contributed by atoms with Gasteiger partial charge in [-0.2, -0.15) is 0 Å². The SMILES string of the molecule is O=C(Cn1cnc2cc(-c3ccc(Cl)cc3)sc2c1=O)Nc1cc([N+](=O)[O-])ccc1Cl. The maximum atomic E-state index is 12.8. The normalized spacial score (nSPS) is 10.9. The average molecular weight is 475 g/mol. The molecule has 0 fully saturated rings. The van der Waals surface area contributed by atoms with E-state index < -0.39 is 10.8 Å². The maximum absolute atomic E-state index is 12.8. The molecule has 31 heavy (non-hydrogen) atoms. The molecule has 2 aromatic carbocycles. The third-order valence-corrected chi connectivity index (χ3v) is 6.12. The van der Waals surface area contributed by atoms with E-state index in [1.807, 2.05) is 12.1 Å². The maximum Gasteiger partial charge on any atom is 0.271 e. The number of carbonyl (C=O) groups is 1. The van der Waals surface area contributed by atoms with Crippen molar-refractivity contribution in [1.29, 1.82) is 0 Å². The third kappa shape index (κ3) is 4.43. The second kappa shape index (κ2) is 8.46. The molecule has 0 radical (unpaired) electrons. The Kier molecular flexibility index (Phi) is 5.73. The van der Waals surface area contributed by atoms with Crippen LogP contribution in [-0.4, -0.2) is 20.4 Å². The van der Waals surface area contributed by atoms with Gasteiger partial charge >= 0.3 is 0 Å². The van der Waals surface area contributed by atoms with E-state index in [1.165, 1.54) is 34.4 Å². The van der Waals surface area contributed by atoms with Gasteiger partial charge in [0.05, 0.1) is 27.5 Å². The fraction of sp³-hybridized carbons (Fsp3) is 0.0500. The Morgan fingerprint density at radius 2 is 1.90 bits per heavy atom. The van der Waals surface area contributed by atoms with Crippen LogP contribution in [0.25, 0.3) is 20.7 Å². The second-order valence-corrected chi connectivity index (χ2v) is 8.37. The van der Waals surface area contributed by atoms with Crippen LogP contribution in [0.2, 0.25) is 10.0 Å². The first-order valence-electron chi connectivity index (χ1n) is 8.80. The Hall–Kier alpha value is -3.27. The second-order valence-electron chi connectivity index (χ2n) is 6.48. The molecule has 0 spiro atoms. The number of rotatable bonds is 5. The number of nitro benzene ring substituents is 1. The zero-order valence-corrected chi connectivity index (χ0v) is 17.9. The van der Waals surface area contributed by atoms with Crippen molar-refractivity contribution >= 4 is 62.0 Å². The van der Waals surface area contributed by atoms with Gasteiger partial charge in [-0.25, -0.2) is 4.98 Å². The predicted octanol–water partition coefficient (Wildman–Crippen LogP) is 4.98. The molecule has 4 rings (SSSR count). The van der Waals surface area contributed by atoms with E-state index in [4.69, 9.17) is 23.2 Å². The monoisotopic (exact) mass is 474 g/mol. The summed E-state index contributed by atoms with van der Waals surface area (Å²) in [5.74, 6) is -0.569. The van der Waals surface area contributed by atoms with Crippen LogP contribution < -0.4 is 10.9 Å². The van der Waals surface area contributed by atoms with Gasteiger partial charge in [0.1, 0.15) is 11.2 Å². The molecule has 0 aliphatic heterocycles. The lowest BCUT2D eigenvalue weighted by Gasteiger charge is -2.08. The summed E-state index contributed by atoms with van der Waals surface area (Å²) in [6, 6.07) is 12.7. The smallest absolute Gasteiger partial charge is 0.271 e. The van der Waals surface area contributed by atoms with Gasteiger partial charge in [-0.05, 0) is 29.8 Å². The number of nitro groups is 1. The molecule has 2 aromatic heterocycles. The summed E-state index contributed by atoms with van der Waals surface area (Å²) in [5, 5.41) is 14.2. The first-order chi connectivity index (χ1) is 14.8. The highest BCUT2D eigenvalue weighted by molar-refractivity contribution is 7.22. The number of nitrogens with one attached hydrogen (secondary N) is 1. The molecule has 0 aliphatic carbocycles. The van der Waals surface area contributed by atoms with Crippen LogP contribution >= 0.6 is 34.5 Å². The minimum absolute atomic E-state index is 0.0871. The summed E-state index contributed by atoms with van der Waals surface area (Å²) in [6.45, 7) is -0.324. The molecule has 1 N–H and O–H groups in total. The van der Waals surface area contributed by atoms with Crippen LogP contribution in [0.4, 0.5) is 11.4 Å². The Bertz CT molecular complexity index is 1380. The van der Waals surface area contributed by atoms with E-state index in [1.54, 1.807) is 18.2 Å². The summed E-state index contributed by atoms with van der Waals surface area (Å²) < 4.78 is 1.58. The van der Waals surface area contributed by atoms with E-state index in [0.29, 0.717) is 15.2 Å². The van der Waals surface area contributed by atoms with E-state index in [0.717, 1.165) is 16.5 Å². The lowest BCUT2D eigenvalue weighted by molar-refractivity contribution is -0.384. The number of fused-ring (bicyclic) bond motifs is 1. The summed E-state index contributed by atoms with van der Waals surface area (Å²) in [4.78, 5) is 40.7. The van der Waals surface area contributed by atoms with Crippen molar-refractivity contribution < 1.29 is 9.72 Å². The Morgan fingerprint density at radius 3 is 2.61 bits per heavy atom. The van der Waals surface area contributed by atoms with E-state index in [9.17, 15) is 19.7 Å². The van der Waals surface area contributed by atoms with Crippen molar-refractivity contribution in [2.75, 3.05) is 5.32 Å². The quantitative estimate of drug-likeness (QED) is 0.324. The number of anilines is 1. The molecule has 1 amide bonds. The van der Waals surface area contributed by atoms with Gasteiger partial charge in [0.2, 0.25) is 5.91 Å². The number of benzene rings is 2. The van der Waals surface area contributed by atoms with Gasteiger partial charge in [0, 0.05) is 22.0 Å². The highest BCUT2D eigenvalue weighted by Gasteiger charge is 2.15. The summed E-state index contributed by atoms with van der Waals surface area (Å²) in [7, 11) is 0. The van der Waals surface area contributed by atoms with Crippen LogP contribution in [0.15, 0.2) is 59.7 Å². The number of carbonyl (C=O) groups excluding carboxylic acids is 1. The number of aromatic nitrogens is 2. The van der Waals surface area contributed by atoms with Crippen molar-refractivity contribution in [3.05, 3.63) is 85.4 Å². The molecule has 2 heterocycles. The largest absolute Gasteiger partial charge is 0.323 e. The first kappa shape index (κ1) is 21.0. The molecule has 0 atom stereocenters. The molecule has 0 saturated heterocycles. The van der Waals surface area contributed by atoms with Crippen molar-refractivity contribution in [3.63, 3.8) is 0 Å². The number of halogens is 2. The van der Waals surface area contributed by atoms with Crippen LogP contribution in [0.3, 0.4) is 0 Å². The summed E-state index contributed by atoms with van der Waals surface area (Å²) in [5.41, 5.74) is 0.933. The van der Waals surface area contributed by atoms with E-state index >= 15 is 0 Å². The van der Waals surface area contributed by atoms with Gasteiger partial charge in [-0.3, -0.25) is 24.3 Å². The van der Waals surface area contributed by atoms with Crippen molar-refractivity contribution in [2.45, 2.75) is 6.54 Å². The zero-order chi connectivity index (χ0) is 22.1. The van der Waals surface area contributed by atoms with E-state index in [-0.39, 0.29) is 28.5 Å². The molecule has 8 nitrogen and oxygen atoms in total. The van der Waals surface area contributed by atoms with Gasteiger partial charge < -0.3 is 5.32 Å². The van der Waals surface area contributed by atoms with E-state index in [2.05, 4.69) is 10.3 Å². The molecule has 0 aliphatic rings. The van der Waals surface area contributed by atoms with Gasteiger partial charge in [-0.1, -0.05) is 35.3 Å². The number of amides is 1. The fourth-order valence-corrected chi connectivity index (χ4v) is 4.24. The molecule has 0 saturated carbocycles. The van der Waals surface area contributed by atoms with Gasteiger partial charge in [-0.15, -0.1) is 11.3 Å². The van der Waals surface area contributed by atoms with Crippen molar-refractivity contribution in [3.8, 4) is 10.4 Å². The molecule has 156 valence electrons. The van der Waals surface area contributed by atoms with Crippen molar-refractivity contribution in [1.82, 2.24) is 9.55 Å². The van der Waals surface area contributed by atoms with Crippen LogP contribution in [0.5, 0.6) is 0 Å². The molecule has 0 unspecified atom stereocenters. The number of non-ortho nitro benzene ring substituents is 1. The highest BCUT2D eigenvalue weighted by atomic mass is 35.5. The van der Waals surface area contributed by atoms with Crippen molar-refractivity contribution in [2.24, 2.45) is 0 Å². The third-order valence-electron chi connectivity index (χ3n) is 4.38. The molecule has 0 bridgehead atoms. The fourth-order valence-electron chi connectivity index (χ4n) is 2.88. The minimum atomic E-state index is -0.594. The van der Waals surface area contributed by atoms with Gasteiger partial charge in [0.25, 0.3) is 11.2 Å². The minimum Gasteiger partial charge on any atom is -0.323 e. The number of thiophene rings is 1.